The zero-order chi connectivity index (χ0) is 18.2. The first kappa shape index (κ1) is 18.8. The van der Waals surface area contributed by atoms with Gasteiger partial charge in [0.1, 0.15) is 5.75 Å². The average Bonchev–Trinajstić information content (AvgIpc) is 2.60. The molecule has 2 aromatic rings. The lowest BCUT2D eigenvalue weighted by Gasteiger charge is -2.22. The van der Waals surface area contributed by atoms with Crippen LogP contribution in [0.3, 0.4) is 0 Å². The van der Waals surface area contributed by atoms with Gasteiger partial charge in [0.2, 0.25) is 11.8 Å². The molecule has 132 valence electrons. The van der Waals surface area contributed by atoms with Gasteiger partial charge in [-0.05, 0) is 29.8 Å². The molecule has 2 amide bonds. The Morgan fingerprint density at radius 3 is 2.52 bits per heavy atom. The van der Waals surface area contributed by atoms with Crippen molar-refractivity contribution in [1.29, 1.82) is 0 Å². The van der Waals surface area contributed by atoms with Crippen LogP contribution in [0, 0.1) is 0 Å². The minimum Gasteiger partial charge on any atom is -0.497 e. The molecule has 0 unspecified atom stereocenters. The Bertz CT molecular complexity index is 732. The fraction of sp³-hybridized carbons (Fsp3) is 0.263. The highest BCUT2D eigenvalue weighted by molar-refractivity contribution is 6.30. The van der Waals surface area contributed by atoms with Crippen LogP contribution in [0.2, 0.25) is 5.02 Å². The molecule has 0 heterocycles. The van der Waals surface area contributed by atoms with Gasteiger partial charge in [-0.25, -0.2) is 0 Å². The lowest BCUT2D eigenvalue weighted by molar-refractivity contribution is -0.121. The second kappa shape index (κ2) is 9.08. The Hall–Kier alpha value is -2.53. The van der Waals surface area contributed by atoms with Crippen LogP contribution in [0.1, 0.15) is 12.5 Å². The molecule has 2 rings (SSSR count). The zero-order valence-electron chi connectivity index (χ0n) is 14.3. The molecule has 2 aromatic carbocycles. The Labute approximate surface area is 152 Å². The molecule has 5 nitrogen and oxygen atoms in total. The molecule has 0 bridgehead atoms. The summed E-state index contributed by atoms with van der Waals surface area (Å²) in [5.74, 6) is 0.479. The first-order valence-corrected chi connectivity index (χ1v) is 8.30. The van der Waals surface area contributed by atoms with Crippen LogP contribution in [0.5, 0.6) is 5.75 Å². The topological polar surface area (TPSA) is 58.6 Å². The molecule has 6 heteroatoms. The maximum atomic E-state index is 12.0. The van der Waals surface area contributed by atoms with Crippen molar-refractivity contribution >= 4 is 29.1 Å². The van der Waals surface area contributed by atoms with Crippen molar-refractivity contribution in [3.05, 3.63) is 59.1 Å². The first-order valence-electron chi connectivity index (χ1n) is 7.93. The molecule has 0 aromatic heterocycles. The normalized spacial score (nSPS) is 10.2. The zero-order valence-corrected chi connectivity index (χ0v) is 15.0. The lowest BCUT2D eigenvalue weighted by Crippen LogP contribution is -2.38. The summed E-state index contributed by atoms with van der Waals surface area (Å²) in [5, 5.41) is 3.47. The van der Waals surface area contributed by atoms with Crippen molar-refractivity contribution in [1.82, 2.24) is 5.32 Å². The van der Waals surface area contributed by atoms with Crippen LogP contribution in [-0.2, 0) is 16.0 Å². The van der Waals surface area contributed by atoms with Crippen molar-refractivity contribution in [2.75, 3.05) is 25.1 Å². The molecule has 25 heavy (non-hydrogen) atoms. The molecule has 0 spiro atoms. The highest BCUT2D eigenvalue weighted by Crippen LogP contribution is 2.20. The Balaban J connectivity index is 1.89. The quantitative estimate of drug-likeness (QED) is 0.825. The summed E-state index contributed by atoms with van der Waals surface area (Å²) in [5.41, 5.74) is 1.62. The Morgan fingerprint density at radius 2 is 1.88 bits per heavy atom. The third kappa shape index (κ3) is 5.80. The molecule has 0 saturated carbocycles. The Morgan fingerprint density at radius 1 is 1.16 bits per heavy atom. The predicted octanol–water partition coefficient (Wildman–Crippen LogP) is 3.06. The summed E-state index contributed by atoms with van der Waals surface area (Å²) in [6, 6.07) is 14.4. The SMILES string of the molecule is COc1cccc(N(CCNC(=O)Cc2ccc(Cl)cc2)C(C)=O)c1. The van der Waals surface area contributed by atoms with E-state index >= 15 is 0 Å². The minimum atomic E-state index is -0.100. The van der Waals surface area contributed by atoms with Gasteiger partial charge < -0.3 is 15.0 Å². The van der Waals surface area contributed by atoms with E-state index in [1.807, 2.05) is 30.3 Å². The molecule has 0 aliphatic carbocycles. The third-order valence-corrected chi connectivity index (χ3v) is 3.93. The number of nitrogens with one attached hydrogen (secondary N) is 1. The molecular formula is C19H21ClN2O3. The number of carbonyl (C=O) groups excluding carboxylic acids is 2. The van der Waals surface area contributed by atoms with E-state index in [4.69, 9.17) is 16.3 Å². The highest BCUT2D eigenvalue weighted by Gasteiger charge is 2.12. The van der Waals surface area contributed by atoms with Crippen molar-refractivity contribution in [3.63, 3.8) is 0 Å². The van der Waals surface area contributed by atoms with Crippen LogP contribution < -0.4 is 15.0 Å². The van der Waals surface area contributed by atoms with Crippen LogP contribution in [0.15, 0.2) is 48.5 Å². The molecule has 0 aliphatic rings. The number of hydrogen-bond donors (Lipinski definition) is 1. The van der Waals surface area contributed by atoms with Gasteiger partial charge in [0.25, 0.3) is 0 Å². The molecule has 1 N–H and O–H groups in total. The van der Waals surface area contributed by atoms with Gasteiger partial charge >= 0.3 is 0 Å². The number of halogens is 1. The van der Waals surface area contributed by atoms with E-state index in [0.717, 1.165) is 11.3 Å². The summed E-state index contributed by atoms with van der Waals surface area (Å²) in [7, 11) is 1.58. The van der Waals surface area contributed by atoms with Crippen molar-refractivity contribution in [2.45, 2.75) is 13.3 Å². The second-order valence-corrected chi connectivity index (χ2v) is 5.96. The van der Waals surface area contributed by atoms with Crippen LogP contribution in [0.25, 0.3) is 0 Å². The number of carbonyl (C=O) groups is 2. The summed E-state index contributed by atoms with van der Waals surface area (Å²) < 4.78 is 5.19. The molecule has 0 saturated heterocycles. The van der Waals surface area contributed by atoms with E-state index in [1.165, 1.54) is 6.92 Å². The number of benzene rings is 2. The summed E-state index contributed by atoms with van der Waals surface area (Å²) in [6.45, 7) is 2.24. The number of hydrogen-bond acceptors (Lipinski definition) is 3. The van der Waals surface area contributed by atoms with Crippen molar-refractivity contribution in [2.24, 2.45) is 0 Å². The van der Waals surface area contributed by atoms with E-state index < -0.39 is 0 Å². The van der Waals surface area contributed by atoms with Gasteiger partial charge in [0.05, 0.1) is 13.5 Å². The lowest BCUT2D eigenvalue weighted by atomic mass is 10.1. The third-order valence-electron chi connectivity index (χ3n) is 3.68. The van der Waals surface area contributed by atoms with Gasteiger partial charge in [0, 0.05) is 36.8 Å². The van der Waals surface area contributed by atoms with E-state index in [9.17, 15) is 9.59 Å². The fourth-order valence-corrected chi connectivity index (χ4v) is 2.53. The summed E-state index contributed by atoms with van der Waals surface area (Å²) in [4.78, 5) is 25.5. The fourth-order valence-electron chi connectivity index (χ4n) is 2.40. The van der Waals surface area contributed by atoms with Crippen LogP contribution in [-0.4, -0.2) is 32.0 Å². The number of amides is 2. The minimum absolute atomic E-state index is 0.0970. The standard InChI is InChI=1S/C19H21ClN2O3/c1-14(23)22(17-4-3-5-18(13-17)25-2)11-10-21-19(24)12-15-6-8-16(20)9-7-15/h3-9,13H,10-12H2,1-2H3,(H,21,24). The number of methoxy groups -OCH3 is 1. The van der Waals surface area contributed by atoms with E-state index in [0.29, 0.717) is 23.9 Å². The monoisotopic (exact) mass is 360 g/mol. The number of rotatable bonds is 7. The first-order chi connectivity index (χ1) is 12.0. The Kier molecular flexibility index (Phi) is 6.83. The van der Waals surface area contributed by atoms with Gasteiger partial charge in [-0.1, -0.05) is 29.8 Å². The largest absolute Gasteiger partial charge is 0.497 e. The van der Waals surface area contributed by atoms with Gasteiger partial charge in [-0.2, -0.15) is 0 Å². The van der Waals surface area contributed by atoms with Crippen molar-refractivity contribution < 1.29 is 14.3 Å². The van der Waals surface area contributed by atoms with Gasteiger partial charge in [-0.3, -0.25) is 9.59 Å². The van der Waals surface area contributed by atoms with Gasteiger partial charge in [-0.15, -0.1) is 0 Å². The molecule has 0 atom stereocenters. The summed E-state index contributed by atoms with van der Waals surface area (Å²) >= 11 is 5.83. The summed E-state index contributed by atoms with van der Waals surface area (Å²) in [6.07, 6.45) is 0.274. The molecular weight excluding hydrogens is 340 g/mol. The predicted molar refractivity (Wildman–Crippen MR) is 99.2 cm³/mol. The average molecular weight is 361 g/mol. The maximum Gasteiger partial charge on any atom is 0.224 e. The maximum absolute atomic E-state index is 12.0. The number of ether oxygens (including phenoxy) is 1. The van der Waals surface area contributed by atoms with Crippen LogP contribution >= 0.6 is 11.6 Å². The highest BCUT2D eigenvalue weighted by atomic mass is 35.5. The molecule has 0 aliphatic heterocycles. The second-order valence-electron chi connectivity index (χ2n) is 5.53. The van der Waals surface area contributed by atoms with E-state index in [-0.39, 0.29) is 18.2 Å². The van der Waals surface area contributed by atoms with Crippen LogP contribution in [0.4, 0.5) is 5.69 Å². The molecule has 0 radical (unpaired) electrons. The van der Waals surface area contributed by atoms with Crippen molar-refractivity contribution in [3.8, 4) is 5.75 Å². The van der Waals surface area contributed by atoms with E-state index in [2.05, 4.69) is 5.32 Å². The molecule has 0 fully saturated rings. The number of nitrogens with zero attached hydrogens (tertiary/aromatic N) is 1. The smallest absolute Gasteiger partial charge is 0.224 e. The number of anilines is 1. The van der Waals surface area contributed by atoms with E-state index in [1.54, 1.807) is 30.2 Å². The van der Waals surface area contributed by atoms with Gasteiger partial charge in [0.15, 0.2) is 0 Å².